The number of nitrogens with two attached hydrogens (primary N) is 1. The van der Waals surface area contributed by atoms with Gasteiger partial charge in [-0.15, -0.1) is 0 Å². The van der Waals surface area contributed by atoms with Crippen LogP contribution in [0.3, 0.4) is 0 Å². The quantitative estimate of drug-likeness (QED) is 0.886. The van der Waals surface area contributed by atoms with Crippen LogP contribution < -0.4 is 5.73 Å². The predicted molar refractivity (Wildman–Crippen MR) is 82.3 cm³/mol. The van der Waals surface area contributed by atoms with Gasteiger partial charge in [0.2, 0.25) is 0 Å². The summed E-state index contributed by atoms with van der Waals surface area (Å²) in [6, 6.07) is 7.95. The van der Waals surface area contributed by atoms with Crippen LogP contribution in [-0.4, -0.2) is 23.9 Å². The molecule has 3 N–H and O–H groups in total. The van der Waals surface area contributed by atoms with E-state index in [1.807, 2.05) is 31.2 Å². The number of hydrogen-bond acceptors (Lipinski definition) is 3. The molecular formula is C16H22BrNO2. The number of benzene rings is 1. The summed E-state index contributed by atoms with van der Waals surface area (Å²) in [7, 11) is 0. The Morgan fingerprint density at radius 1 is 1.50 bits per heavy atom. The van der Waals surface area contributed by atoms with E-state index in [2.05, 4.69) is 15.9 Å². The predicted octanol–water partition coefficient (Wildman–Crippen LogP) is 2.94. The molecule has 2 bridgehead atoms. The standard InChI is InChI=1S/C16H22BrNO2/c1-2-16(19,11-4-3-5-12(17)8-11)15(10-18)9-13-6-7-14(15)20-13/h3-5,8,13-14,19H,2,6-7,9-10,18H2,1H3. The topological polar surface area (TPSA) is 55.5 Å². The summed E-state index contributed by atoms with van der Waals surface area (Å²) in [5, 5.41) is 11.5. The van der Waals surface area contributed by atoms with E-state index in [-0.39, 0.29) is 17.6 Å². The summed E-state index contributed by atoms with van der Waals surface area (Å²) in [6.07, 6.45) is 3.98. The second-order valence-electron chi connectivity index (χ2n) is 6.11. The molecule has 4 atom stereocenters. The monoisotopic (exact) mass is 339 g/mol. The lowest BCUT2D eigenvalue weighted by atomic mass is 9.59. The number of ether oxygens (including phenoxy) is 1. The van der Waals surface area contributed by atoms with Gasteiger partial charge in [-0.25, -0.2) is 0 Å². The molecule has 1 aromatic carbocycles. The lowest BCUT2D eigenvalue weighted by molar-refractivity contribution is -0.120. The van der Waals surface area contributed by atoms with Crippen molar-refractivity contribution in [2.75, 3.05) is 6.54 Å². The van der Waals surface area contributed by atoms with E-state index in [1.165, 1.54) is 0 Å². The fourth-order valence-corrected chi connectivity index (χ4v) is 4.61. The Morgan fingerprint density at radius 3 is 2.80 bits per heavy atom. The Kier molecular flexibility index (Phi) is 3.70. The average Bonchev–Trinajstić information content (AvgIpc) is 3.07. The summed E-state index contributed by atoms with van der Waals surface area (Å²) in [6.45, 7) is 2.50. The zero-order chi connectivity index (χ0) is 14.4. The van der Waals surface area contributed by atoms with Gasteiger partial charge in [0.25, 0.3) is 0 Å². The molecule has 0 radical (unpaired) electrons. The van der Waals surface area contributed by atoms with Gasteiger partial charge in [0.05, 0.1) is 17.8 Å². The molecule has 2 heterocycles. The first-order valence-corrected chi connectivity index (χ1v) is 8.19. The molecule has 0 aliphatic carbocycles. The van der Waals surface area contributed by atoms with Gasteiger partial charge in [-0.2, -0.15) is 0 Å². The fourth-order valence-electron chi connectivity index (χ4n) is 4.21. The van der Waals surface area contributed by atoms with E-state index < -0.39 is 5.60 Å². The maximum atomic E-state index is 11.5. The summed E-state index contributed by atoms with van der Waals surface area (Å²) in [5.41, 5.74) is 5.80. The van der Waals surface area contributed by atoms with Crippen molar-refractivity contribution < 1.29 is 9.84 Å². The van der Waals surface area contributed by atoms with E-state index >= 15 is 0 Å². The second kappa shape index (κ2) is 5.09. The molecule has 0 saturated carbocycles. The van der Waals surface area contributed by atoms with Crippen LogP contribution in [0, 0.1) is 5.41 Å². The minimum absolute atomic E-state index is 0.0847. The smallest absolute Gasteiger partial charge is 0.0988 e. The van der Waals surface area contributed by atoms with Crippen LogP contribution >= 0.6 is 15.9 Å². The third-order valence-corrected chi connectivity index (χ3v) is 5.81. The minimum Gasteiger partial charge on any atom is -0.384 e. The van der Waals surface area contributed by atoms with Crippen LogP contribution in [0.2, 0.25) is 0 Å². The fraction of sp³-hybridized carbons (Fsp3) is 0.625. The third kappa shape index (κ3) is 1.89. The zero-order valence-corrected chi connectivity index (χ0v) is 13.4. The van der Waals surface area contributed by atoms with E-state index in [4.69, 9.17) is 10.5 Å². The normalized spacial score (nSPS) is 35.2. The van der Waals surface area contributed by atoms with Gasteiger partial charge < -0.3 is 15.6 Å². The highest BCUT2D eigenvalue weighted by Crippen LogP contribution is 2.57. The molecule has 2 aliphatic heterocycles. The van der Waals surface area contributed by atoms with Gasteiger partial charge in [0.1, 0.15) is 0 Å². The highest BCUT2D eigenvalue weighted by Gasteiger charge is 2.61. The molecule has 0 aromatic heterocycles. The summed E-state index contributed by atoms with van der Waals surface area (Å²) in [4.78, 5) is 0. The Labute approximate surface area is 128 Å². The van der Waals surface area contributed by atoms with Crippen LogP contribution in [0.1, 0.15) is 38.2 Å². The van der Waals surface area contributed by atoms with Crippen molar-refractivity contribution in [1.29, 1.82) is 0 Å². The third-order valence-electron chi connectivity index (χ3n) is 5.32. The van der Waals surface area contributed by atoms with E-state index in [0.29, 0.717) is 13.0 Å². The van der Waals surface area contributed by atoms with Crippen LogP contribution in [0.15, 0.2) is 28.7 Å². The van der Waals surface area contributed by atoms with Crippen molar-refractivity contribution in [3.8, 4) is 0 Å². The minimum atomic E-state index is -0.925. The van der Waals surface area contributed by atoms with Gasteiger partial charge in [-0.3, -0.25) is 0 Å². The Balaban J connectivity index is 2.07. The number of halogens is 1. The number of rotatable bonds is 4. The zero-order valence-electron chi connectivity index (χ0n) is 11.8. The van der Waals surface area contributed by atoms with E-state index in [1.54, 1.807) is 0 Å². The molecule has 2 fully saturated rings. The van der Waals surface area contributed by atoms with Crippen molar-refractivity contribution in [1.82, 2.24) is 0 Å². The average molecular weight is 340 g/mol. The van der Waals surface area contributed by atoms with Crippen molar-refractivity contribution >= 4 is 15.9 Å². The van der Waals surface area contributed by atoms with Crippen LogP contribution in [0.4, 0.5) is 0 Å². The van der Waals surface area contributed by atoms with Crippen molar-refractivity contribution in [2.45, 2.75) is 50.4 Å². The van der Waals surface area contributed by atoms with Gasteiger partial charge >= 0.3 is 0 Å². The molecule has 4 unspecified atom stereocenters. The van der Waals surface area contributed by atoms with Crippen molar-refractivity contribution in [2.24, 2.45) is 11.1 Å². The van der Waals surface area contributed by atoms with Crippen LogP contribution in [0.5, 0.6) is 0 Å². The Hall–Kier alpha value is -0.420. The van der Waals surface area contributed by atoms with Crippen LogP contribution in [-0.2, 0) is 10.3 Å². The molecule has 3 nitrogen and oxygen atoms in total. The second-order valence-corrected chi connectivity index (χ2v) is 7.03. The van der Waals surface area contributed by atoms with Gasteiger partial charge in [-0.05, 0) is 43.4 Å². The first-order valence-electron chi connectivity index (χ1n) is 7.39. The summed E-state index contributed by atoms with van der Waals surface area (Å²) >= 11 is 3.50. The molecule has 0 amide bonds. The molecule has 2 saturated heterocycles. The molecule has 1 aromatic rings. The maximum absolute atomic E-state index is 11.5. The number of aliphatic hydroxyl groups is 1. The largest absolute Gasteiger partial charge is 0.384 e. The molecular weight excluding hydrogens is 318 g/mol. The molecule has 3 rings (SSSR count). The van der Waals surface area contributed by atoms with Crippen molar-refractivity contribution in [3.05, 3.63) is 34.3 Å². The number of hydrogen-bond donors (Lipinski definition) is 2. The summed E-state index contributed by atoms with van der Waals surface area (Å²) in [5.74, 6) is 0. The Bertz CT molecular complexity index is 509. The molecule has 110 valence electrons. The van der Waals surface area contributed by atoms with Gasteiger partial charge in [-0.1, -0.05) is 35.0 Å². The molecule has 0 spiro atoms. The molecule has 2 aliphatic rings. The SMILES string of the molecule is CCC(O)(c1cccc(Br)c1)C1(CN)CC2CCC1O2. The van der Waals surface area contributed by atoms with Crippen molar-refractivity contribution in [3.63, 3.8) is 0 Å². The summed E-state index contributed by atoms with van der Waals surface area (Å²) < 4.78 is 7.01. The first-order chi connectivity index (χ1) is 9.55. The van der Waals surface area contributed by atoms with E-state index in [0.717, 1.165) is 29.3 Å². The van der Waals surface area contributed by atoms with Gasteiger partial charge in [0, 0.05) is 16.4 Å². The van der Waals surface area contributed by atoms with Crippen LogP contribution in [0.25, 0.3) is 0 Å². The van der Waals surface area contributed by atoms with Gasteiger partial charge in [0.15, 0.2) is 0 Å². The molecule has 4 heteroatoms. The Morgan fingerprint density at radius 2 is 2.30 bits per heavy atom. The highest BCUT2D eigenvalue weighted by atomic mass is 79.9. The first kappa shape index (κ1) is 14.5. The maximum Gasteiger partial charge on any atom is 0.0988 e. The molecule has 20 heavy (non-hydrogen) atoms. The lowest BCUT2D eigenvalue weighted by Crippen LogP contribution is -2.55. The lowest BCUT2D eigenvalue weighted by Gasteiger charge is -2.48. The van der Waals surface area contributed by atoms with E-state index in [9.17, 15) is 5.11 Å². The highest BCUT2D eigenvalue weighted by molar-refractivity contribution is 9.10. The number of fused-ring (bicyclic) bond motifs is 2.